The van der Waals surface area contributed by atoms with Crippen LogP contribution >= 0.6 is 0 Å². The maximum Gasteiger partial charge on any atom is 0.512 e. The van der Waals surface area contributed by atoms with E-state index in [2.05, 4.69) is 11.9 Å². The minimum atomic E-state index is -1.20. The van der Waals surface area contributed by atoms with Crippen LogP contribution in [0.3, 0.4) is 0 Å². The number of hydrogen-bond acceptors (Lipinski definition) is 6. The summed E-state index contributed by atoms with van der Waals surface area (Å²) in [5, 5.41) is 11.7. The van der Waals surface area contributed by atoms with Gasteiger partial charge in [0.05, 0.1) is 12.0 Å². The van der Waals surface area contributed by atoms with Crippen molar-refractivity contribution < 1.29 is 28.9 Å². The van der Waals surface area contributed by atoms with Gasteiger partial charge in [0.2, 0.25) is 0 Å². The van der Waals surface area contributed by atoms with E-state index in [0.717, 1.165) is 0 Å². The third-order valence-corrected chi connectivity index (χ3v) is 2.78. The minimum Gasteiger partial charge on any atom is -0.481 e. The Morgan fingerprint density at radius 3 is 2.67 bits per heavy atom. The summed E-state index contributed by atoms with van der Waals surface area (Å²) in [6.45, 7) is 8.32. The van der Waals surface area contributed by atoms with Gasteiger partial charge in [0.25, 0.3) is 0 Å². The van der Waals surface area contributed by atoms with Gasteiger partial charge in [-0.3, -0.25) is 4.79 Å². The SMILES string of the molecule is C=C1CNC(OC(=O)O[C@H](C)C(C)(C)C(=O)O)O1. The fourth-order valence-electron chi connectivity index (χ4n) is 1.08. The number of aliphatic carboxylic acids is 1. The molecule has 0 amide bonds. The molecule has 0 aromatic rings. The lowest BCUT2D eigenvalue weighted by Crippen LogP contribution is -2.39. The van der Waals surface area contributed by atoms with Gasteiger partial charge >= 0.3 is 18.5 Å². The zero-order chi connectivity index (χ0) is 13.9. The Hall–Kier alpha value is -1.76. The largest absolute Gasteiger partial charge is 0.512 e. The lowest BCUT2D eigenvalue weighted by Gasteiger charge is -2.26. The highest BCUT2D eigenvalue weighted by atomic mass is 16.8. The van der Waals surface area contributed by atoms with E-state index in [1.54, 1.807) is 0 Å². The highest BCUT2D eigenvalue weighted by molar-refractivity contribution is 5.75. The second kappa shape index (κ2) is 5.26. The predicted molar refractivity (Wildman–Crippen MR) is 60.5 cm³/mol. The molecule has 0 radical (unpaired) electrons. The summed E-state index contributed by atoms with van der Waals surface area (Å²) < 4.78 is 14.7. The molecule has 102 valence electrons. The first-order valence-corrected chi connectivity index (χ1v) is 5.42. The molecule has 18 heavy (non-hydrogen) atoms. The first-order valence-electron chi connectivity index (χ1n) is 5.42. The highest BCUT2D eigenvalue weighted by Crippen LogP contribution is 2.24. The molecule has 0 aliphatic carbocycles. The Bertz CT molecular complexity index is 365. The van der Waals surface area contributed by atoms with Crippen LogP contribution in [0.2, 0.25) is 0 Å². The normalized spacial score (nSPS) is 21.1. The van der Waals surface area contributed by atoms with Crippen molar-refractivity contribution in [1.82, 2.24) is 5.32 Å². The minimum absolute atomic E-state index is 0.383. The number of nitrogens with one attached hydrogen (secondary N) is 1. The van der Waals surface area contributed by atoms with Crippen LogP contribution < -0.4 is 5.32 Å². The van der Waals surface area contributed by atoms with Crippen molar-refractivity contribution in [2.75, 3.05) is 6.54 Å². The quantitative estimate of drug-likeness (QED) is 0.729. The van der Waals surface area contributed by atoms with E-state index in [9.17, 15) is 9.59 Å². The van der Waals surface area contributed by atoms with Crippen LogP contribution in [0, 0.1) is 5.41 Å². The lowest BCUT2D eigenvalue weighted by molar-refractivity contribution is -0.155. The van der Waals surface area contributed by atoms with Crippen LogP contribution in [0.5, 0.6) is 0 Å². The van der Waals surface area contributed by atoms with Gasteiger partial charge in [-0.25, -0.2) is 10.1 Å². The first kappa shape index (κ1) is 14.3. The molecule has 0 aromatic heterocycles. The average molecular weight is 259 g/mol. The third kappa shape index (κ3) is 3.36. The molecule has 7 heteroatoms. The molecule has 1 heterocycles. The summed E-state index contributed by atoms with van der Waals surface area (Å²) in [5.74, 6) is -0.613. The van der Waals surface area contributed by atoms with E-state index < -0.39 is 30.1 Å². The fraction of sp³-hybridized carbons (Fsp3) is 0.636. The molecule has 1 fully saturated rings. The number of rotatable bonds is 4. The smallest absolute Gasteiger partial charge is 0.481 e. The molecule has 0 spiro atoms. The summed E-state index contributed by atoms with van der Waals surface area (Å²) in [6, 6.07) is 0. The molecule has 1 aliphatic rings. The van der Waals surface area contributed by atoms with Crippen molar-refractivity contribution >= 4 is 12.1 Å². The molecule has 0 saturated carbocycles. The topological polar surface area (TPSA) is 94.1 Å². The second-order valence-corrected chi connectivity index (χ2v) is 4.52. The number of carboxylic acids is 1. The summed E-state index contributed by atoms with van der Waals surface area (Å²) >= 11 is 0. The van der Waals surface area contributed by atoms with Crippen molar-refractivity contribution in [3.05, 3.63) is 12.3 Å². The van der Waals surface area contributed by atoms with E-state index in [1.165, 1.54) is 20.8 Å². The van der Waals surface area contributed by atoms with E-state index in [1.807, 2.05) is 0 Å². The molecule has 1 aliphatic heterocycles. The molecule has 1 unspecified atom stereocenters. The van der Waals surface area contributed by atoms with Crippen LogP contribution in [-0.4, -0.2) is 36.3 Å². The predicted octanol–water partition coefficient (Wildman–Crippen LogP) is 1.06. The Morgan fingerprint density at radius 1 is 1.61 bits per heavy atom. The second-order valence-electron chi connectivity index (χ2n) is 4.52. The Morgan fingerprint density at radius 2 is 2.22 bits per heavy atom. The van der Waals surface area contributed by atoms with Gasteiger partial charge in [0.15, 0.2) is 0 Å². The van der Waals surface area contributed by atoms with Crippen LogP contribution in [0.15, 0.2) is 12.3 Å². The van der Waals surface area contributed by atoms with Crippen LogP contribution in [0.4, 0.5) is 4.79 Å². The van der Waals surface area contributed by atoms with Gasteiger partial charge in [-0.1, -0.05) is 6.58 Å². The zero-order valence-electron chi connectivity index (χ0n) is 10.6. The number of carboxylic acid groups (broad SMARTS) is 1. The molecule has 0 bridgehead atoms. The lowest BCUT2D eigenvalue weighted by atomic mass is 9.88. The Balaban J connectivity index is 2.45. The van der Waals surface area contributed by atoms with E-state index in [0.29, 0.717) is 12.3 Å². The monoisotopic (exact) mass is 259 g/mol. The Kier molecular flexibility index (Phi) is 4.18. The van der Waals surface area contributed by atoms with Crippen LogP contribution in [0.1, 0.15) is 20.8 Å². The van der Waals surface area contributed by atoms with Crippen molar-refractivity contribution in [3.63, 3.8) is 0 Å². The molecular weight excluding hydrogens is 242 g/mol. The van der Waals surface area contributed by atoms with Gasteiger partial charge in [-0.15, -0.1) is 0 Å². The molecule has 7 nitrogen and oxygen atoms in total. The third-order valence-electron chi connectivity index (χ3n) is 2.78. The van der Waals surface area contributed by atoms with Crippen molar-refractivity contribution in [2.45, 2.75) is 33.3 Å². The van der Waals surface area contributed by atoms with Crippen molar-refractivity contribution in [3.8, 4) is 0 Å². The van der Waals surface area contributed by atoms with Crippen LogP contribution in [-0.2, 0) is 19.0 Å². The summed E-state index contributed by atoms with van der Waals surface area (Å²) in [7, 11) is 0. The molecule has 2 atom stereocenters. The van der Waals surface area contributed by atoms with Gasteiger partial charge in [-0.2, -0.15) is 0 Å². The average Bonchev–Trinajstić information content (AvgIpc) is 2.63. The highest BCUT2D eigenvalue weighted by Gasteiger charge is 2.37. The fourth-order valence-corrected chi connectivity index (χ4v) is 1.08. The summed E-state index contributed by atoms with van der Waals surface area (Å²) in [6.07, 6.45) is -2.78. The van der Waals surface area contributed by atoms with Gasteiger partial charge < -0.3 is 19.3 Å². The number of carbonyl (C=O) groups excluding carboxylic acids is 1. The number of ether oxygens (including phenoxy) is 3. The van der Waals surface area contributed by atoms with E-state index >= 15 is 0 Å². The van der Waals surface area contributed by atoms with Gasteiger partial charge in [0.1, 0.15) is 11.9 Å². The summed E-state index contributed by atoms with van der Waals surface area (Å²) in [4.78, 5) is 22.3. The molecule has 2 N–H and O–H groups in total. The molecule has 0 aromatic carbocycles. The maximum absolute atomic E-state index is 11.4. The maximum atomic E-state index is 11.4. The van der Waals surface area contributed by atoms with Gasteiger partial charge in [0, 0.05) is 0 Å². The molecule has 1 saturated heterocycles. The van der Waals surface area contributed by atoms with Crippen molar-refractivity contribution in [2.24, 2.45) is 5.41 Å². The van der Waals surface area contributed by atoms with Crippen LogP contribution in [0.25, 0.3) is 0 Å². The van der Waals surface area contributed by atoms with Crippen molar-refractivity contribution in [1.29, 1.82) is 0 Å². The molecular formula is C11H17NO6. The van der Waals surface area contributed by atoms with E-state index in [-0.39, 0.29) is 0 Å². The van der Waals surface area contributed by atoms with Gasteiger partial charge in [-0.05, 0) is 20.8 Å². The Labute approximate surface area is 105 Å². The van der Waals surface area contributed by atoms with E-state index in [4.69, 9.17) is 19.3 Å². The number of carbonyl (C=O) groups is 2. The standard InChI is InChI=1S/C11H17NO6/c1-6-5-12-9(16-6)18-10(15)17-7(2)11(3,4)8(13)14/h7,9,12H,1,5H2,2-4H3,(H,13,14)/t7-,9?/m1/s1. The first-order chi connectivity index (χ1) is 8.23. The zero-order valence-corrected chi connectivity index (χ0v) is 10.6. The number of hydrogen-bond donors (Lipinski definition) is 2. The molecule has 1 rings (SSSR count). The summed E-state index contributed by atoms with van der Waals surface area (Å²) in [5.41, 5.74) is -1.20.